The summed E-state index contributed by atoms with van der Waals surface area (Å²) in [4.78, 5) is 13.4. The van der Waals surface area contributed by atoms with E-state index in [4.69, 9.17) is 9.84 Å². The minimum Gasteiger partial charge on any atom is -0.496 e. The normalized spacial score (nSPS) is 10.6. The van der Waals surface area contributed by atoms with E-state index < -0.39 is 0 Å². The van der Waals surface area contributed by atoms with E-state index in [1.807, 2.05) is 31.2 Å². The standard InChI is InChI=1S/C14H19NO3/c1-3-15(10-11-16)14(17)9-8-12-6-4-5-7-13(12)18-2/h4-9,16H,3,10-11H2,1-2H3/b9-8+. The van der Waals surface area contributed by atoms with Crippen molar-refractivity contribution in [2.45, 2.75) is 6.92 Å². The summed E-state index contributed by atoms with van der Waals surface area (Å²) in [5.74, 6) is 0.615. The number of hydrogen-bond donors (Lipinski definition) is 1. The van der Waals surface area contributed by atoms with Crippen LogP contribution in [0.1, 0.15) is 12.5 Å². The molecular weight excluding hydrogens is 230 g/mol. The van der Waals surface area contributed by atoms with Crippen LogP contribution in [-0.2, 0) is 4.79 Å². The number of aliphatic hydroxyl groups is 1. The monoisotopic (exact) mass is 249 g/mol. The number of nitrogens with zero attached hydrogens (tertiary/aromatic N) is 1. The van der Waals surface area contributed by atoms with Crippen molar-refractivity contribution in [3.05, 3.63) is 35.9 Å². The molecule has 98 valence electrons. The molecule has 1 aromatic carbocycles. The number of methoxy groups -OCH3 is 1. The van der Waals surface area contributed by atoms with E-state index in [0.717, 1.165) is 11.3 Å². The van der Waals surface area contributed by atoms with E-state index in [1.54, 1.807) is 18.1 Å². The molecule has 0 unspecified atom stereocenters. The molecule has 0 fully saturated rings. The maximum absolute atomic E-state index is 11.8. The van der Waals surface area contributed by atoms with Gasteiger partial charge in [0, 0.05) is 24.7 Å². The summed E-state index contributed by atoms with van der Waals surface area (Å²) in [6.45, 7) is 2.79. The number of benzene rings is 1. The van der Waals surface area contributed by atoms with Crippen molar-refractivity contribution < 1.29 is 14.6 Å². The van der Waals surface area contributed by atoms with Crippen molar-refractivity contribution in [1.29, 1.82) is 0 Å². The first-order valence-corrected chi connectivity index (χ1v) is 5.93. The Balaban J connectivity index is 2.76. The Labute approximate surface area is 107 Å². The van der Waals surface area contributed by atoms with Crippen molar-refractivity contribution in [1.82, 2.24) is 4.90 Å². The fourth-order valence-electron chi connectivity index (χ4n) is 1.62. The topological polar surface area (TPSA) is 49.8 Å². The lowest BCUT2D eigenvalue weighted by molar-refractivity contribution is -0.126. The van der Waals surface area contributed by atoms with E-state index in [-0.39, 0.29) is 12.5 Å². The van der Waals surface area contributed by atoms with Gasteiger partial charge in [0.15, 0.2) is 0 Å². The second-order valence-corrected chi connectivity index (χ2v) is 3.72. The van der Waals surface area contributed by atoms with Crippen LogP contribution in [0.3, 0.4) is 0 Å². The number of hydrogen-bond acceptors (Lipinski definition) is 3. The average molecular weight is 249 g/mol. The van der Waals surface area contributed by atoms with Crippen LogP contribution in [-0.4, -0.2) is 42.7 Å². The molecule has 0 aliphatic heterocycles. The number of para-hydroxylation sites is 1. The summed E-state index contributed by atoms with van der Waals surface area (Å²) in [6, 6.07) is 7.49. The summed E-state index contributed by atoms with van der Waals surface area (Å²) < 4.78 is 5.20. The SMILES string of the molecule is CCN(CCO)C(=O)/C=C/c1ccccc1OC. The largest absolute Gasteiger partial charge is 0.496 e. The molecule has 18 heavy (non-hydrogen) atoms. The molecule has 0 aromatic heterocycles. The van der Waals surface area contributed by atoms with Crippen molar-refractivity contribution in [3.63, 3.8) is 0 Å². The van der Waals surface area contributed by atoms with Gasteiger partial charge in [-0.05, 0) is 19.1 Å². The van der Waals surface area contributed by atoms with Crippen LogP contribution in [0.4, 0.5) is 0 Å². The van der Waals surface area contributed by atoms with Gasteiger partial charge in [-0.25, -0.2) is 0 Å². The highest BCUT2D eigenvalue weighted by Gasteiger charge is 2.07. The minimum absolute atomic E-state index is 0.0257. The van der Waals surface area contributed by atoms with E-state index in [9.17, 15) is 4.79 Å². The Morgan fingerprint density at radius 1 is 1.44 bits per heavy atom. The molecule has 0 radical (unpaired) electrons. The first kappa shape index (κ1) is 14.3. The molecule has 1 N–H and O–H groups in total. The lowest BCUT2D eigenvalue weighted by Crippen LogP contribution is -2.31. The van der Waals surface area contributed by atoms with Crippen LogP contribution in [0.15, 0.2) is 30.3 Å². The number of likely N-dealkylation sites (N-methyl/N-ethyl adjacent to an activating group) is 1. The summed E-state index contributed by atoms with van der Waals surface area (Å²) >= 11 is 0. The number of carbonyl (C=O) groups is 1. The molecule has 1 rings (SSSR count). The third kappa shape index (κ3) is 3.89. The molecule has 1 amide bonds. The van der Waals surface area contributed by atoms with E-state index >= 15 is 0 Å². The van der Waals surface area contributed by atoms with E-state index in [2.05, 4.69) is 0 Å². The number of aliphatic hydroxyl groups excluding tert-OH is 1. The van der Waals surface area contributed by atoms with Gasteiger partial charge < -0.3 is 14.7 Å². The predicted molar refractivity (Wildman–Crippen MR) is 71.4 cm³/mol. The second-order valence-electron chi connectivity index (χ2n) is 3.72. The van der Waals surface area contributed by atoms with Gasteiger partial charge in [-0.15, -0.1) is 0 Å². The first-order valence-electron chi connectivity index (χ1n) is 5.93. The van der Waals surface area contributed by atoms with E-state index in [1.165, 1.54) is 6.08 Å². The summed E-state index contributed by atoms with van der Waals surface area (Å²) in [5, 5.41) is 8.85. The molecule has 0 atom stereocenters. The summed E-state index contributed by atoms with van der Waals surface area (Å²) in [6.07, 6.45) is 3.22. The average Bonchev–Trinajstić information content (AvgIpc) is 2.42. The number of amides is 1. The molecular formula is C14H19NO3. The van der Waals surface area contributed by atoms with Crippen LogP contribution in [0.25, 0.3) is 6.08 Å². The van der Waals surface area contributed by atoms with Crippen LogP contribution in [0, 0.1) is 0 Å². The molecule has 0 aliphatic rings. The molecule has 0 aliphatic carbocycles. The molecule has 1 aromatic rings. The predicted octanol–water partition coefficient (Wildman–Crippen LogP) is 1.55. The van der Waals surface area contributed by atoms with Crippen LogP contribution < -0.4 is 4.74 Å². The third-order valence-electron chi connectivity index (χ3n) is 2.61. The number of carbonyl (C=O) groups excluding carboxylic acids is 1. The zero-order valence-corrected chi connectivity index (χ0v) is 10.8. The van der Waals surface area contributed by atoms with Crippen LogP contribution in [0.5, 0.6) is 5.75 Å². The van der Waals surface area contributed by atoms with Gasteiger partial charge in [0.05, 0.1) is 13.7 Å². The van der Waals surface area contributed by atoms with Gasteiger partial charge >= 0.3 is 0 Å². The maximum atomic E-state index is 11.8. The highest BCUT2D eigenvalue weighted by atomic mass is 16.5. The molecule has 0 saturated heterocycles. The number of ether oxygens (including phenoxy) is 1. The first-order chi connectivity index (χ1) is 8.72. The van der Waals surface area contributed by atoms with Crippen molar-refractivity contribution in [2.24, 2.45) is 0 Å². The molecule has 0 saturated carbocycles. The Morgan fingerprint density at radius 3 is 2.78 bits per heavy atom. The molecule has 4 nitrogen and oxygen atoms in total. The quantitative estimate of drug-likeness (QED) is 0.778. The van der Waals surface area contributed by atoms with Gasteiger partial charge in [0.1, 0.15) is 5.75 Å². The second kappa shape index (κ2) is 7.50. The van der Waals surface area contributed by atoms with E-state index in [0.29, 0.717) is 13.1 Å². The smallest absolute Gasteiger partial charge is 0.246 e. The summed E-state index contributed by atoms with van der Waals surface area (Å²) in [5.41, 5.74) is 0.855. The van der Waals surface area contributed by atoms with Gasteiger partial charge in [-0.3, -0.25) is 4.79 Å². The molecule has 0 bridgehead atoms. The van der Waals surface area contributed by atoms with Crippen LogP contribution >= 0.6 is 0 Å². The Morgan fingerprint density at radius 2 is 2.17 bits per heavy atom. The Hall–Kier alpha value is -1.81. The fraction of sp³-hybridized carbons (Fsp3) is 0.357. The molecule has 0 heterocycles. The Kier molecular flexibility index (Phi) is 5.94. The molecule has 0 spiro atoms. The van der Waals surface area contributed by atoms with Gasteiger partial charge in [0.25, 0.3) is 0 Å². The van der Waals surface area contributed by atoms with Crippen LogP contribution in [0.2, 0.25) is 0 Å². The van der Waals surface area contributed by atoms with Crippen molar-refractivity contribution in [3.8, 4) is 5.75 Å². The zero-order chi connectivity index (χ0) is 13.4. The Bertz CT molecular complexity index is 415. The highest BCUT2D eigenvalue weighted by molar-refractivity contribution is 5.92. The van der Waals surface area contributed by atoms with Crippen molar-refractivity contribution in [2.75, 3.05) is 26.8 Å². The zero-order valence-electron chi connectivity index (χ0n) is 10.8. The lowest BCUT2D eigenvalue weighted by atomic mass is 10.2. The van der Waals surface area contributed by atoms with Gasteiger partial charge in [-0.1, -0.05) is 18.2 Å². The van der Waals surface area contributed by atoms with Gasteiger partial charge in [0.2, 0.25) is 5.91 Å². The fourth-order valence-corrected chi connectivity index (χ4v) is 1.62. The molecule has 4 heteroatoms. The lowest BCUT2D eigenvalue weighted by Gasteiger charge is -2.17. The minimum atomic E-state index is -0.113. The maximum Gasteiger partial charge on any atom is 0.246 e. The third-order valence-corrected chi connectivity index (χ3v) is 2.61. The number of rotatable bonds is 6. The highest BCUT2D eigenvalue weighted by Crippen LogP contribution is 2.18. The summed E-state index contributed by atoms with van der Waals surface area (Å²) in [7, 11) is 1.60. The van der Waals surface area contributed by atoms with Crippen molar-refractivity contribution >= 4 is 12.0 Å². The van der Waals surface area contributed by atoms with Gasteiger partial charge in [-0.2, -0.15) is 0 Å².